The molecule has 0 aromatic carbocycles. The van der Waals surface area contributed by atoms with Crippen molar-refractivity contribution in [2.45, 2.75) is 6.92 Å². The van der Waals surface area contributed by atoms with Gasteiger partial charge >= 0.3 is 0 Å². The molecule has 1 atom stereocenters. The highest BCUT2D eigenvalue weighted by Gasteiger charge is 2.16. The van der Waals surface area contributed by atoms with E-state index in [0.29, 0.717) is 0 Å². The van der Waals surface area contributed by atoms with Crippen LogP contribution in [0.1, 0.15) is 6.92 Å². The highest BCUT2D eigenvalue weighted by Crippen LogP contribution is 2.09. The molecule has 4 nitrogen and oxygen atoms in total. The van der Waals surface area contributed by atoms with Crippen LogP contribution in [0.4, 0.5) is 0 Å². The van der Waals surface area contributed by atoms with E-state index in [1.165, 1.54) is 6.92 Å². The molecule has 0 rings (SSSR count). The Morgan fingerprint density at radius 1 is 1.67 bits per heavy atom. The van der Waals surface area contributed by atoms with E-state index in [0.717, 1.165) is 0 Å². The fourth-order valence-electron chi connectivity index (χ4n) is 0.143. The summed E-state index contributed by atoms with van der Waals surface area (Å²) < 4.78 is 39.2. The average molecular weight is 190 g/mol. The predicted octanol–water partition coefficient (Wildman–Crippen LogP) is 0.206. The van der Waals surface area contributed by atoms with E-state index in [2.05, 4.69) is 0 Å². The fourth-order valence-corrected chi connectivity index (χ4v) is 2.98. The molecule has 0 aliphatic rings. The summed E-state index contributed by atoms with van der Waals surface area (Å²) in [5.74, 6) is -0.215. The Morgan fingerprint density at radius 2 is 2.11 bits per heavy atom. The molecule has 0 aromatic rings. The van der Waals surface area contributed by atoms with Crippen molar-refractivity contribution in [1.82, 2.24) is 0 Å². The van der Waals surface area contributed by atoms with E-state index in [1.807, 2.05) is 0 Å². The highest BCUT2D eigenvalue weighted by molar-refractivity contribution is 8.98. The van der Waals surface area contributed by atoms with Gasteiger partial charge in [-0.2, -0.15) is 0 Å². The molecule has 0 fully saturated rings. The Bertz CT molecular complexity index is 192. The van der Waals surface area contributed by atoms with Gasteiger partial charge in [-0.15, -0.1) is 0 Å². The Morgan fingerprint density at radius 3 is 2.22 bits per heavy atom. The van der Waals surface area contributed by atoms with Gasteiger partial charge < -0.3 is 4.55 Å². The lowest BCUT2D eigenvalue weighted by molar-refractivity contribution is 0.607. The van der Waals surface area contributed by atoms with Crippen LogP contribution in [0.3, 0.4) is 0 Å². The van der Waals surface area contributed by atoms with Crippen LogP contribution in [0.2, 0.25) is 0 Å². The van der Waals surface area contributed by atoms with Crippen molar-refractivity contribution in [1.29, 1.82) is 0 Å². The third-order valence-corrected chi connectivity index (χ3v) is 6.60. The molecule has 9 heavy (non-hydrogen) atoms. The zero-order valence-electron chi connectivity index (χ0n) is 4.60. The lowest BCUT2D eigenvalue weighted by Gasteiger charge is -1.92. The van der Waals surface area contributed by atoms with Gasteiger partial charge in [0.15, 0.2) is 0 Å². The smallest absolute Gasteiger partial charge is 0.240 e. The summed E-state index contributed by atoms with van der Waals surface area (Å²) in [6.45, 7) is 1.36. The average Bonchev–Trinajstić information content (AvgIpc) is 1.86. The van der Waals surface area contributed by atoms with E-state index in [-0.39, 0.29) is 16.8 Å². The lowest BCUT2D eigenvalue weighted by Crippen LogP contribution is -2.06. The van der Waals surface area contributed by atoms with Crippen LogP contribution < -0.4 is 0 Å². The second kappa shape index (κ2) is 3.55. The predicted molar refractivity (Wildman–Crippen MR) is 37.8 cm³/mol. The van der Waals surface area contributed by atoms with Crippen molar-refractivity contribution in [2.24, 2.45) is 0 Å². The molecule has 0 amide bonds. The standard InChI is InChI=1S/C2H6O4S3/c1-2-9(5,6)8(4)7-3/h3H,2H2,1H3. The molecule has 56 valence electrons. The summed E-state index contributed by atoms with van der Waals surface area (Å²) in [5.41, 5.74) is 0. The van der Waals surface area contributed by atoms with Gasteiger partial charge in [-0.05, 0) is 0 Å². The SMILES string of the molecule is CCS(=O)(=O)S(=O)SO. The number of hydrogen-bond donors (Lipinski definition) is 1. The molecule has 1 N–H and O–H groups in total. The Labute approximate surface area is 59.0 Å². The summed E-state index contributed by atoms with van der Waals surface area (Å²) in [6, 6.07) is 0. The summed E-state index contributed by atoms with van der Waals surface area (Å²) in [4.78, 5) is 0. The molecule has 0 radical (unpaired) electrons. The summed E-state index contributed by atoms with van der Waals surface area (Å²) >= 11 is -0.159. The molecular formula is C2H6O4S3. The molecule has 0 aliphatic heterocycles. The van der Waals surface area contributed by atoms with E-state index < -0.39 is 17.7 Å². The van der Waals surface area contributed by atoms with Gasteiger partial charge in [0.1, 0.15) is 11.1 Å². The lowest BCUT2D eigenvalue weighted by atomic mass is 11.0. The van der Waals surface area contributed by atoms with Gasteiger partial charge in [0, 0.05) is 0 Å². The monoisotopic (exact) mass is 190 g/mol. The first-order valence-corrected chi connectivity index (χ1v) is 6.62. The van der Waals surface area contributed by atoms with Crippen molar-refractivity contribution >= 4 is 28.8 Å². The third kappa shape index (κ3) is 2.65. The van der Waals surface area contributed by atoms with E-state index in [1.54, 1.807) is 0 Å². The van der Waals surface area contributed by atoms with Crippen molar-refractivity contribution < 1.29 is 17.2 Å². The zero-order chi connectivity index (χ0) is 7.49. The Balaban J connectivity index is 4.37. The van der Waals surface area contributed by atoms with Crippen LogP contribution in [0.25, 0.3) is 0 Å². The van der Waals surface area contributed by atoms with Gasteiger partial charge in [-0.3, -0.25) is 0 Å². The second-order valence-corrected chi connectivity index (χ2v) is 7.80. The minimum atomic E-state index is -3.56. The number of hydrogen-bond acceptors (Lipinski definition) is 5. The molecule has 0 heterocycles. The molecule has 1 unspecified atom stereocenters. The van der Waals surface area contributed by atoms with Gasteiger partial charge in [-0.1, -0.05) is 6.92 Å². The first kappa shape index (κ1) is 9.41. The van der Waals surface area contributed by atoms with Crippen LogP contribution in [0, 0.1) is 0 Å². The normalized spacial score (nSPS) is 15.3. The zero-order valence-corrected chi connectivity index (χ0v) is 7.05. The quantitative estimate of drug-likeness (QED) is 0.508. The molecular weight excluding hydrogens is 184 g/mol. The summed E-state index contributed by atoms with van der Waals surface area (Å²) in [6.07, 6.45) is 0. The molecule has 0 bridgehead atoms. The Kier molecular flexibility index (Phi) is 3.71. The van der Waals surface area contributed by atoms with Crippen molar-refractivity contribution in [3.05, 3.63) is 0 Å². The maximum absolute atomic E-state index is 10.4. The highest BCUT2D eigenvalue weighted by atomic mass is 33.5. The maximum atomic E-state index is 10.4. The first-order chi connectivity index (χ1) is 4.04. The van der Waals surface area contributed by atoms with Crippen LogP contribution in [0.5, 0.6) is 0 Å². The van der Waals surface area contributed by atoms with Gasteiger partial charge in [0.05, 0.1) is 5.75 Å². The van der Waals surface area contributed by atoms with Gasteiger partial charge in [0.2, 0.25) is 17.7 Å². The summed E-state index contributed by atoms with van der Waals surface area (Å²) in [5, 5.41) is 0. The Hall–Kier alpha value is 0.410. The molecule has 0 aromatic heterocycles. The van der Waals surface area contributed by atoms with Crippen molar-refractivity contribution in [3.8, 4) is 0 Å². The number of rotatable bonds is 3. The molecule has 0 saturated heterocycles. The van der Waals surface area contributed by atoms with Crippen LogP contribution >= 0.6 is 11.1 Å². The van der Waals surface area contributed by atoms with Crippen molar-refractivity contribution in [3.63, 3.8) is 0 Å². The first-order valence-electron chi connectivity index (χ1n) is 2.01. The maximum Gasteiger partial charge on any atom is 0.240 e. The van der Waals surface area contributed by atoms with Crippen LogP contribution in [0.15, 0.2) is 0 Å². The second-order valence-electron chi connectivity index (χ2n) is 1.13. The largest absolute Gasteiger partial charge is 0.318 e. The molecule has 0 aliphatic carbocycles. The molecule has 0 spiro atoms. The minimum absolute atomic E-state index is 0.159. The molecule has 0 saturated carbocycles. The summed E-state index contributed by atoms with van der Waals surface area (Å²) in [7, 11) is -5.76. The topological polar surface area (TPSA) is 71.4 Å². The van der Waals surface area contributed by atoms with E-state index >= 15 is 0 Å². The van der Waals surface area contributed by atoms with E-state index in [4.69, 9.17) is 4.55 Å². The third-order valence-electron chi connectivity index (χ3n) is 0.622. The van der Waals surface area contributed by atoms with Gasteiger partial charge in [-0.25, -0.2) is 12.6 Å². The van der Waals surface area contributed by atoms with E-state index in [9.17, 15) is 12.6 Å². The van der Waals surface area contributed by atoms with Gasteiger partial charge in [0.25, 0.3) is 0 Å². The van der Waals surface area contributed by atoms with Crippen molar-refractivity contribution in [2.75, 3.05) is 5.75 Å². The molecule has 7 heteroatoms. The van der Waals surface area contributed by atoms with Crippen LogP contribution in [-0.2, 0) is 17.7 Å². The minimum Gasteiger partial charge on any atom is -0.318 e. The van der Waals surface area contributed by atoms with Crippen LogP contribution in [-0.4, -0.2) is 22.9 Å². The fraction of sp³-hybridized carbons (Fsp3) is 1.00.